The number of imidazole rings is 1. The number of carbonyl (C=O) groups is 1. The Labute approximate surface area is 146 Å². The number of fused-ring (bicyclic) bond motifs is 1. The van der Waals surface area contributed by atoms with Crippen LogP contribution in [-0.4, -0.2) is 22.4 Å². The molecule has 4 saturated carbocycles. The Kier molecular flexibility index (Phi) is 3.34. The molecule has 0 aliphatic heterocycles. The van der Waals surface area contributed by atoms with Crippen molar-refractivity contribution < 1.29 is 4.79 Å². The predicted octanol–water partition coefficient (Wildman–Crippen LogP) is 2.73. The number of benzene rings is 1. The van der Waals surface area contributed by atoms with E-state index in [2.05, 4.69) is 15.3 Å². The largest absolute Gasteiger partial charge is 0.355 e. The molecular formula is C20H25N3O2. The zero-order valence-electron chi connectivity index (χ0n) is 14.4. The number of aromatic nitrogens is 2. The van der Waals surface area contributed by atoms with Gasteiger partial charge in [-0.25, -0.2) is 4.79 Å². The highest BCUT2D eigenvalue weighted by Crippen LogP contribution is 2.60. The fourth-order valence-electron chi connectivity index (χ4n) is 6.13. The van der Waals surface area contributed by atoms with Gasteiger partial charge in [-0.15, -0.1) is 0 Å². The number of hydrogen-bond acceptors (Lipinski definition) is 2. The smallest absolute Gasteiger partial charge is 0.323 e. The van der Waals surface area contributed by atoms with Crippen molar-refractivity contribution in [1.82, 2.24) is 15.3 Å². The molecule has 6 rings (SSSR count). The van der Waals surface area contributed by atoms with Gasteiger partial charge in [0.1, 0.15) is 0 Å². The van der Waals surface area contributed by atoms with Crippen LogP contribution < -0.4 is 11.0 Å². The maximum atomic E-state index is 12.9. The van der Waals surface area contributed by atoms with Crippen LogP contribution in [0.5, 0.6) is 0 Å². The Morgan fingerprint density at radius 3 is 2.36 bits per heavy atom. The second kappa shape index (κ2) is 5.48. The van der Waals surface area contributed by atoms with Gasteiger partial charge in [-0.3, -0.25) is 4.79 Å². The van der Waals surface area contributed by atoms with Crippen LogP contribution in [0.15, 0.2) is 23.0 Å². The van der Waals surface area contributed by atoms with Gasteiger partial charge in [-0.1, -0.05) is 6.07 Å². The lowest BCUT2D eigenvalue weighted by Crippen LogP contribution is -2.53. The highest BCUT2D eigenvalue weighted by Gasteiger charge is 2.54. The number of nitrogens with one attached hydrogen (secondary N) is 3. The van der Waals surface area contributed by atoms with Gasteiger partial charge in [-0.2, -0.15) is 0 Å². The van der Waals surface area contributed by atoms with Gasteiger partial charge < -0.3 is 15.3 Å². The van der Waals surface area contributed by atoms with Crippen LogP contribution in [0.2, 0.25) is 0 Å². The average Bonchev–Trinajstić information content (AvgIpc) is 2.93. The third-order valence-electron chi connectivity index (χ3n) is 6.80. The van der Waals surface area contributed by atoms with E-state index in [1.165, 1.54) is 19.3 Å². The van der Waals surface area contributed by atoms with E-state index >= 15 is 0 Å². The molecule has 0 spiro atoms. The van der Waals surface area contributed by atoms with E-state index in [1.54, 1.807) is 0 Å². The Morgan fingerprint density at radius 2 is 1.68 bits per heavy atom. The molecule has 2 aromatic rings. The van der Waals surface area contributed by atoms with E-state index < -0.39 is 0 Å². The molecule has 0 saturated heterocycles. The number of aromatic amines is 2. The highest BCUT2D eigenvalue weighted by molar-refractivity contribution is 5.83. The minimum absolute atomic E-state index is 0.0649. The second-order valence-electron chi connectivity index (χ2n) is 8.66. The summed E-state index contributed by atoms with van der Waals surface area (Å²) in [5, 5.41) is 3.22. The van der Waals surface area contributed by atoms with Gasteiger partial charge in [-0.05, 0) is 80.4 Å². The molecule has 132 valence electrons. The standard InChI is InChI=1S/C20H25N3O2/c24-18(20-9-13-5-14(10-20)7-15(6-13)11-20)21-4-3-12-1-2-16-17(8-12)23-19(25)22-16/h1-2,8,13-15H,3-7,9-11H2,(H,21,24)(H2,22,23,25). The van der Waals surface area contributed by atoms with Crippen molar-refractivity contribution in [3.63, 3.8) is 0 Å². The minimum Gasteiger partial charge on any atom is -0.355 e. The fourth-order valence-corrected chi connectivity index (χ4v) is 6.13. The molecule has 4 bridgehead atoms. The predicted molar refractivity (Wildman–Crippen MR) is 96.2 cm³/mol. The number of amides is 1. The van der Waals surface area contributed by atoms with Crippen LogP contribution in [0, 0.1) is 23.2 Å². The topological polar surface area (TPSA) is 77.8 Å². The molecule has 1 amide bonds. The summed E-state index contributed by atoms with van der Waals surface area (Å²) >= 11 is 0. The molecule has 0 unspecified atom stereocenters. The number of H-pyrrole nitrogens is 2. The van der Waals surface area contributed by atoms with Crippen LogP contribution in [0.25, 0.3) is 11.0 Å². The number of hydrogen-bond donors (Lipinski definition) is 3. The lowest BCUT2D eigenvalue weighted by molar-refractivity contribution is -0.146. The maximum Gasteiger partial charge on any atom is 0.323 e. The number of rotatable bonds is 4. The van der Waals surface area contributed by atoms with Gasteiger partial charge in [0.15, 0.2) is 0 Å². The molecule has 5 heteroatoms. The summed E-state index contributed by atoms with van der Waals surface area (Å²) in [7, 11) is 0. The summed E-state index contributed by atoms with van der Waals surface area (Å²) in [6.45, 7) is 0.667. The zero-order valence-corrected chi connectivity index (χ0v) is 14.4. The summed E-state index contributed by atoms with van der Waals surface area (Å²) in [5.41, 5.74) is 2.54. The van der Waals surface area contributed by atoms with Crippen molar-refractivity contribution in [2.45, 2.75) is 44.9 Å². The first-order valence-corrected chi connectivity index (χ1v) is 9.59. The minimum atomic E-state index is -0.178. The van der Waals surface area contributed by atoms with Gasteiger partial charge in [0.25, 0.3) is 0 Å². The van der Waals surface area contributed by atoms with Crippen molar-refractivity contribution in [2.75, 3.05) is 6.54 Å². The van der Waals surface area contributed by atoms with E-state index in [1.807, 2.05) is 18.2 Å². The summed E-state index contributed by atoms with van der Waals surface area (Å²) in [5.74, 6) is 2.68. The molecule has 1 aromatic heterocycles. The van der Waals surface area contributed by atoms with Crippen LogP contribution in [0.1, 0.15) is 44.1 Å². The molecule has 1 heterocycles. The van der Waals surface area contributed by atoms with E-state index in [0.717, 1.165) is 60.0 Å². The summed E-state index contributed by atoms with van der Waals surface area (Å²) in [6, 6.07) is 5.93. The summed E-state index contributed by atoms with van der Waals surface area (Å²) < 4.78 is 0. The molecule has 0 atom stereocenters. The molecule has 25 heavy (non-hydrogen) atoms. The van der Waals surface area contributed by atoms with Crippen molar-refractivity contribution in [2.24, 2.45) is 23.2 Å². The van der Waals surface area contributed by atoms with Crippen molar-refractivity contribution in [3.05, 3.63) is 34.2 Å². The molecule has 4 aliphatic carbocycles. The average molecular weight is 339 g/mol. The molecular weight excluding hydrogens is 314 g/mol. The summed E-state index contributed by atoms with van der Waals surface area (Å²) in [6.07, 6.45) is 8.22. The van der Waals surface area contributed by atoms with E-state index in [-0.39, 0.29) is 11.1 Å². The van der Waals surface area contributed by atoms with Gasteiger partial charge >= 0.3 is 5.69 Å². The van der Waals surface area contributed by atoms with Crippen molar-refractivity contribution in [1.29, 1.82) is 0 Å². The zero-order chi connectivity index (χ0) is 17.0. The molecule has 4 fully saturated rings. The monoisotopic (exact) mass is 339 g/mol. The van der Waals surface area contributed by atoms with Crippen LogP contribution >= 0.6 is 0 Å². The third-order valence-corrected chi connectivity index (χ3v) is 6.80. The van der Waals surface area contributed by atoms with Crippen LogP contribution in [0.3, 0.4) is 0 Å². The molecule has 4 aliphatic rings. The quantitative estimate of drug-likeness (QED) is 0.801. The van der Waals surface area contributed by atoms with Gasteiger partial charge in [0.05, 0.1) is 11.0 Å². The van der Waals surface area contributed by atoms with Gasteiger partial charge in [0, 0.05) is 12.0 Å². The highest BCUT2D eigenvalue weighted by atomic mass is 16.2. The lowest BCUT2D eigenvalue weighted by atomic mass is 9.49. The fraction of sp³-hybridized carbons (Fsp3) is 0.600. The van der Waals surface area contributed by atoms with E-state index in [9.17, 15) is 9.59 Å². The van der Waals surface area contributed by atoms with Crippen molar-refractivity contribution in [3.8, 4) is 0 Å². The Balaban J connectivity index is 1.23. The summed E-state index contributed by atoms with van der Waals surface area (Å²) in [4.78, 5) is 29.8. The molecule has 0 radical (unpaired) electrons. The third kappa shape index (κ3) is 2.60. The molecule has 3 N–H and O–H groups in total. The Bertz CT molecular complexity index is 843. The second-order valence-corrected chi connectivity index (χ2v) is 8.66. The Morgan fingerprint density at radius 1 is 1.04 bits per heavy atom. The van der Waals surface area contributed by atoms with Crippen molar-refractivity contribution >= 4 is 16.9 Å². The molecule has 1 aromatic carbocycles. The first-order valence-electron chi connectivity index (χ1n) is 9.59. The van der Waals surface area contributed by atoms with Crippen LogP contribution in [-0.2, 0) is 11.2 Å². The normalized spacial score (nSPS) is 33.0. The number of carbonyl (C=O) groups excluding carboxylic acids is 1. The van der Waals surface area contributed by atoms with Gasteiger partial charge in [0.2, 0.25) is 5.91 Å². The Hall–Kier alpha value is -2.04. The maximum absolute atomic E-state index is 12.9. The molecule has 5 nitrogen and oxygen atoms in total. The van der Waals surface area contributed by atoms with E-state index in [4.69, 9.17) is 0 Å². The SMILES string of the molecule is O=C(NCCc1ccc2[nH]c(=O)[nH]c2c1)C12CC3CC(CC(C3)C1)C2. The lowest BCUT2D eigenvalue weighted by Gasteiger charge is -2.55. The first-order chi connectivity index (χ1) is 12.1. The first kappa shape index (κ1) is 15.2. The van der Waals surface area contributed by atoms with E-state index in [0.29, 0.717) is 12.5 Å². The van der Waals surface area contributed by atoms with Crippen LogP contribution in [0.4, 0.5) is 0 Å².